The summed E-state index contributed by atoms with van der Waals surface area (Å²) < 4.78 is 5.37. The predicted octanol–water partition coefficient (Wildman–Crippen LogP) is 2.29. The van der Waals surface area contributed by atoms with Gasteiger partial charge in [-0.15, -0.1) is 0 Å². The molecular formula is C12H21N3O2. The summed E-state index contributed by atoms with van der Waals surface area (Å²) in [5, 5.41) is 9.57. The lowest BCUT2D eigenvalue weighted by atomic mass is 10.1. The molecule has 1 rings (SSSR count). The third-order valence-corrected chi connectivity index (χ3v) is 2.12. The van der Waals surface area contributed by atoms with Crippen molar-refractivity contribution in [3.63, 3.8) is 0 Å². The van der Waals surface area contributed by atoms with E-state index in [1.165, 1.54) is 0 Å². The number of hydrogen-bond acceptors (Lipinski definition) is 3. The molecule has 0 spiro atoms. The number of rotatable bonds is 4. The van der Waals surface area contributed by atoms with E-state index in [-0.39, 0.29) is 18.1 Å². The van der Waals surface area contributed by atoms with Gasteiger partial charge < -0.3 is 10.1 Å². The van der Waals surface area contributed by atoms with Crippen molar-refractivity contribution in [2.24, 2.45) is 0 Å². The summed E-state index contributed by atoms with van der Waals surface area (Å²) in [6.07, 6.45) is 0. The van der Waals surface area contributed by atoms with E-state index in [1.54, 1.807) is 0 Å². The molecule has 17 heavy (non-hydrogen) atoms. The molecule has 0 aliphatic rings. The molecule has 0 aromatic carbocycles. The van der Waals surface area contributed by atoms with Gasteiger partial charge in [0.1, 0.15) is 6.61 Å². The summed E-state index contributed by atoms with van der Waals surface area (Å²) in [5.41, 5.74) is 0.684. The van der Waals surface area contributed by atoms with Gasteiger partial charge in [0, 0.05) is 11.8 Å². The Kier molecular flexibility index (Phi) is 4.28. The maximum absolute atomic E-state index is 11.5. The maximum Gasteiger partial charge on any atom is 0.251 e. The van der Waals surface area contributed by atoms with Gasteiger partial charge in [0.05, 0.1) is 5.60 Å². The summed E-state index contributed by atoms with van der Waals surface area (Å²) in [7, 11) is 0. The van der Waals surface area contributed by atoms with Gasteiger partial charge in [0.15, 0.2) is 5.82 Å². The van der Waals surface area contributed by atoms with Crippen molar-refractivity contribution >= 4 is 11.7 Å². The van der Waals surface area contributed by atoms with Gasteiger partial charge in [-0.2, -0.15) is 5.10 Å². The average molecular weight is 239 g/mol. The molecule has 0 radical (unpaired) electrons. The lowest BCUT2D eigenvalue weighted by Crippen LogP contribution is -2.27. The van der Waals surface area contributed by atoms with E-state index in [0.717, 1.165) is 5.69 Å². The van der Waals surface area contributed by atoms with Gasteiger partial charge in [-0.05, 0) is 26.7 Å². The number of carbonyl (C=O) groups is 1. The smallest absolute Gasteiger partial charge is 0.251 e. The number of aromatic nitrogens is 2. The van der Waals surface area contributed by atoms with Crippen molar-refractivity contribution in [1.82, 2.24) is 10.2 Å². The molecule has 96 valence electrons. The molecule has 0 atom stereocenters. The quantitative estimate of drug-likeness (QED) is 0.847. The van der Waals surface area contributed by atoms with Crippen LogP contribution in [0.4, 0.5) is 5.82 Å². The highest BCUT2D eigenvalue weighted by molar-refractivity contribution is 5.90. The maximum atomic E-state index is 11.5. The number of nitrogens with one attached hydrogen (secondary N) is 2. The fourth-order valence-electron chi connectivity index (χ4n) is 1.16. The molecule has 0 unspecified atom stereocenters. The highest BCUT2D eigenvalue weighted by Gasteiger charge is 2.14. The molecule has 0 aliphatic carbocycles. The highest BCUT2D eigenvalue weighted by Crippen LogP contribution is 2.14. The number of nitrogens with zero attached hydrogens (tertiary/aromatic N) is 1. The van der Waals surface area contributed by atoms with Gasteiger partial charge in [0.2, 0.25) is 0 Å². The van der Waals surface area contributed by atoms with E-state index < -0.39 is 0 Å². The highest BCUT2D eigenvalue weighted by atomic mass is 16.5. The second kappa shape index (κ2) is 5.31. The molecule has 0 saturated heterocycles. The van der Waals surface area contributed by atoms with Crippen molar-refractivity contribution in [3.05, 3.63) is 11.8 Å². The van der Waals surface area contributed by atoms with Crippen molar-refractivity contribution in [2.45, 2.75) is 46.1 Å². The zero-order valence-electron chi connectivity index (χ0n) is 11.1. The Balaban J connectivity index is 2.45. The van der Waals surface area contributed by atoms with Crippen molar-refractivity contribution in [3.8, 4) is 0 Å². The molecule has 1 aromatic heterocycles. The first-order chi connectivity index (χ1) is 7.78. The van der Waals surface area contributed by atoms with Gasteiger partial charge in [-0.3, -0.25) is 9.89 Å². The van der Waals surface area contributed by atoms with Crippen molar-refractivity contribution < 1.29 is 9.53 Å². The average Bonchev–Trinajstić information content (AvgIpc) is 2.62. The Morgan fingerprint density at radius 2 is 2.18 bits per heavy atom. The fourth-order valence-corrected chi connectivity index (χ4v) is 1.16. The van der Waals surface area contributed by atoms with Crippen LogP contribution < -0.4 is 5.32 Å². The van der Waals surface area contributed by atoms with E-state index in [2.05, 4.69) is 29.4 Å². The molecular weight excluding hydrogens is 218 g/mol. The molecule has 0 bridgehead atoms. The first-order valence-electron chi connectivity index (χ1n) is 5.77. The third-order valence-electron chi connectivity index (χ3n) is 2.12. The normalized spacial score (nSPS) is 11.9. The Morgan fingerprint density at radius 1 is 1.53 bits per heavy atom. The van der Waals surface area contributed by atoms with Gasteiger partial charge >= 0.3 is 0 Å². The van der Waals surface area contributed by atoms with E-state index in [9.17, 15) is 4.79 Å². The third kappa shape index (κ3) is 4.99. The van der Waals surface area contributed by atoms with Crippen LogP contribution in [-0.2, 0) is 9.53 Å². The zero-order chi connectivity index (χ0) is 13.1. The van der Waals surface area contributed by atoms with Crippen LogP contribution in [0, 0.1) is 0 Å². The number of H-pyrrole nitrogens is 1. The van der Waals surface area contributed by atoms with Crippen LogP contribution in [0.5, 0.6) is 0 Å². The summed E-state index contributed by atoms with van der Waals surface area (Å²) in [6, 6.07) is 1.83. The van der Waals surface area contributed by atoms with Crippen LogP contribution in [-0.4, -0.2) is 28.3 Å². The topological polar surface area (TPSA) is 67.0 Å². The van der Waals surface area contributed by atoms with Crippen LogP contribution in [0.25, 0.3) is 0 Å². The van der Waals surface area contributed by atoms with E-state index in [4.69, 9.17) is 4.74 Å². The predicted molar refractivity (Wildman–Crippen MR) is 67.0 cm³/mol. The number of anilines is 1. The standard InChI is InChI=1S/C12H21N3O2/c1-8(2)9-6-10(15-14-9)13-11(16)7-17-12(3,4)5/h6,8H,7H2,1-5H3,(H2,13,14,15,16). The summed E-state index contributed by atoms with van der Waals surface area (Å²) >= 11 is 0. The van der Waals surface area contributed by atoms with E-state index >= 15 is 0 Å². The second-order valence-electron chi connectivity index (χ2n) is 5.31. The SMILES string of the molecule is CC(C)c1cc(NC(=O)COC(C)(C)C)n[nH]1. The minimum Gasteiger partial charge on any atom is -0.366 e. The molecule has 1 aromatic rings. The van der Waals surface area contributed by atoms with E-state index in [0.29, 0.717) is 11.7 Å². The molecule has 5 nitrogen and oxygen atoms in total. The molecule has 5 heteroatoms. The molecule has 0 fully saturated rings. The number of ether oxygens (including phenoxy) is 1. The first-order valence-corrected chi connectivity index (χ1v) is 5.77. The summed E-state index contributed by atoms with van der Waals surface area (Å²) in [6.45, 7) is 9.88. The lowest BCUT2D eigenvalue weighted by Gasteiger charge is -2.18. The summed E-state index contributed by atoms with van der Waals surface area (Å²) in [5.74, 6) is 0.705. The van der Waals surface area contributed by atoms with Gasteiger partial charge in [-0.25, -0.2) is 0 Å². The zero-order valence-corrected chi connectivity index (χ0v) is 11.1. The second-order valence-corrected chi connectivity index (χ2v) is 5.31. The Hall–Kier alpha value is -1.36. The molecule has 2 N–H and O–H groups in total. The molecule has 1 amide bonds. The molecule has 1 heterocycles. The monoisotopic (exact) mass is 239 g/mol. The molecule has 0 aliphatic heterocycles. The lowest BCUT2D eigenvalue weighted by molar-refractivity contribution is -0.125. The van der Waals surface area contributed by atoms with Crippen molar-refractivity contribution in [2.75, 3.05) is 11.9 Å². The van der Waals surface area contributed by atoms with Crippen LogP contribution in [0.1, 0.15) is 46.2 Å². The number of aromatic amines is 1. The Morgan fingerprint density at radius 3 is 2.65 bits per heavy atom. The minimum absolute atomic E-state index is 0.0351. The van der Waals surface area contributed by atoms with Crippen LogP contribution in [0.2, 0.25) is 0 Å². The number of hydrogen-bond donors (Lipinski definition) is 2. The van der Waals surface area contributed by atoms with Crippen LogP contribution >= 0.6 is 0 Å². The largest absolute Gasteiger partial charge is 0.366 e. The molecule has 0 saturated carbocycles. The number of amides is 1. The van der Waals surface area contributed by atoms with Crippen LogP contribution in [0.3, 0.4) is 0 Å². The number of carbonyl (C=O) groups excluding carboxylic acids is 1. The Labute approximate surface area is 102 Å². The van der Waals surface area contributed by atoms with E-state index in [1.807, 2.05) is 26.8 Å². The Bertz CT molecular complexity index is 377. The fraction of sp³-hybridized carbons (Fsp3) is 0.667. The van der Waals surface area contributed by atoms with Crippen molar-refractivity contribution in [1.29, 1.82) is 0 Å². The van der Waals surface area contributed by atoms with Gasteiger partial charge in [0.25, 0.3) is 5.91 Å². The first kappa shape index (κ1) is 13.7. The summed E-state index contributed by atoms with van der Waals surface area (Å²) in [4.78, 5) is 11.5. The van der Waals surface area contributed by atoms with Gasteiger partial charge in [-0.1, -0.05) is 13.8 Å². The minimum atomic E-state index is -0.313. The van der Waals surface area contributed by atoms with Crippen LogP contribution in [0.15, 0.2) is 6.07 Å².